The Kier molecular flexibility index (Phi) is 3.56. The fraction of sp³-hybridized carbons (Fsp3) is 0.400. The predicted molar refractivity (Wildman–Crippen MR) is 64.6 cm³/mol. The van der Waals surface area contributed by atoms with Crippen molar-refractivity contribution in [3.63, 3.8) is 0 Å². The summed E-state index contributed by atoms with van der Waals surface area (Å²) in [7, 11) is -7.59. The molecule has 5 nitrogen and oxygen atoms in total. The van der Waals surface area contributed by atoms with Gasteiger partial charge in [-0.1, -0.05) is 12.1 Å². The zero-order valence-electron chi connectivity index (χ0n) is 9.78. The maximum atomic E-state index is 11.3. The summed E-state index contributed by atoms with van der Waals surface area (Å²) in [4.78, 5) is 18.6. The summed E-state index contributed by atoms with van der Waals surface area (Å²) in [5.74, 6) is 0. The van der Waals surface area contributed by atoms with Crippen LogP contribution in [-0.2, 0) is 19.6 Å². The Labute approximate surface area is 101 Å². The first kappa shape index (κ1) is 14.4. The molecule has 0 atom stereocenters. The minimum Gasteiger partial charge on any atom is -0.324 e. The maximum Gasteiger partial charge on any atom is 0.335 e. The highest BCUT2D eigenvalue weighted by Gasteiger charge is 2.39. The van der Waals surface area contributed by atoms with Crippen LogP contribution in [0.5, 0.6) is 0 Å². The smallest absolute Gasteiger partial charge is 0.324 e. The molecule has 0 bridgehead atoms. The Morgan fingerprint density at radius 3 is 1.82 bits per heavy atom. The molecule has 0 amide bonds. The van der Waals surface area contributed by atoms with E-state index in [1.807, 2.05) is 0 Å². The van der Waals surface area contributed by atoms with Crippen molar-refractivity contribution in [2.75, 3.05) is 6.26 Å². The lowest BCUT2D eigenvalue weighted by atomic mass is 10.0. The van der Waals surface area contributed by atoms with E-state index in [0.717, 1.165) is 6.26 Å². The average molecular weight is 278 g/mol. The third-order valence-electron chi connectivity index (χ3n) is 2.72. The Bertz CT molecular complexity index is 553. The van der Waals surface area contributed by atoms with Crippen LogP contribution in [0.3, 0.4) is 0 Å². The Balaban J connectivity index is 3.26. The van der Waals surface area contributed by atoms with Crippen molar-refractivity contribution in [1.82, 2.24) is 0 Å². The highest BCUT2D eigenvalue weighted by Crippen LogP contribution is 2.56. The number of benzene rings is 1. The molecular weight excluding hydrogens is 263 g/mol. The number of hydrogen-bond acceptors (Lipinski definition) is 3. The molecule has 7 heteroatoms. The van der Waals surface area contributed by atoms with E-state index >= 15 is 0 Å². The van der Waals surface area contributed by atoms with Gasteiger partial charge in [0, 0.05) is 6.26 Å². The van der Waals surface area contributed by atoms with Crippen molar-refractivity contribution in [2.45, 2.75) is 23.9 Å². The minimum atomic E-state index is -4.30. The summed E-state index contributed by atoms with van der Waals surface area (Å²) in [6.45, 7) is 2.84. The van der Waals surface area contributed by atoms with Gasteiger partial charge in [-0.2, -0.15) is 0 Å². The Morgan fingerprint density at radius 1 is 1.12 bits per heavy atom. The second kappa shape index (κ2) is 4.21. The molecule has 0 heterocycles. The van der Waals surface area contributed by atoms with Crippen LogP contribution in [0.1, 0.15) is 19.4 Å². The van der Waals surface area contributed by atoms with E-state index in [2.05, 4.69) is 0 Å². The number of sulfone groups is 1. The predicted octanol–water partition coefficient (Wildman–Crippen LogP) is 1.50. The lowest BCUT2D eigenvalue weighted by Gasteiger charge is -2.26. The number of rotatable bonds is 3. The van der Waals surface area contributed by atoms with Gasteiger partial charge in [0.15, 0.2) is 9.84 Å². The number of hydrogen-bond donors (Lipinski definition) is 2. The maximum absolute atomic E-state index is 11.3. The highest BCUT2D eigenvalue weighted by molar-refractivity contribution is 7.90. The van der Waals surface area contributed by atoms with Gasteiger partial charge in [0.25, 0.3) is 0 Å². The van der Waals surface area contributed by atoms with Gasteiger partial charge in [-0.15, -0.1) is 0 Å². The van der Waals surface area contributed by atoms with Crippen LogP contribution in [0.4, 0.5) is 0 Å². The van der Waals surface area contributed by atoms with Crippen LogP contribution in [0.2, 0.25) is 0 Å². The van der Waals surface area contributed by atoms with Crippen molar-refractivity contribution >= 4 is 17.4 Å². The largest absolute Gasteiger partial charge is 0.335 e. The van der Waals surface area contributed by atoms with Crippen molar-refractivity contribution in [1.29, 1.82) is 0 Å². The van der Waals surface area contributed by atoms with E-state index in [1.54, 1.807) is 0 Å². The summed E-state index contributed by atoms with van der Waals surface area (Å²) in [5, 5.41) is -1.33. The van der Waals surface area contributed by atoms with Gasteiger partial charge in [-0.05, 0) is 31.5 Å². The van der Waals surface area contributed by atoms with Crippen LogP contribution >= 0.6 is 7.60 Å². The SMILES string of the molecule is CC(C)(c1ccc(S(C)(=O)=O)cc1)P(=O)(O)O. The summed E-state index contributed by atoms with van der Waals surface area (Å²) in [5.41, 5.74) is 0.401. The van der Waals surface area contributed by atoms with E-state index < -0.39 is 22.6 Å². The van der Waals surface area contributed by atoms with Crippen molar-refractivity contribution in [3.8, 4) is 0 Å². The van der Waals surface area contributed by atoms with Crippen LogP contribution in [0, 0.1) is 0 Å². The second-order valence-corrected chi connectivity index (χ2v) is 8.62. The molecule has 1 rings (SSSR count). The summed E-state index contributed by atoms with van der Waals surface area (Å²) in [6.07, 6.45) is 1.08. The van der Waals surface area contributed by atoms with E-state index in [-0.39, 0.29) is 4.90 Å². The topological polar surface area (TPSA) is 91.7 Å². The molecule has 1 aromatic rings. The lowest BCUT2D eigenvalue weighted by Crippen LogP contribution is -2.17. The molecule has 0 aliphatic rings. The van der Waals surface area contributed by atoms with E-state index in [4.69, 9.17) is 0 Å². The zero-order valence-corrected chi connectivity index (χ0v) is 11.5. The third-order valence-corrected chi connectivity index (χ3v) is 5.56. The average Bonchev–Trinajstić information content (AvgIpc) is 2.15. The van der Waals surface area contributed by atoms with Gasteiger partial charge < -0.3 is 9.79 Å². The van der Waals surface area contributed by atoms with Crippen molar-refractivity contribution in [2.24, 2.45) is 0 Å². The molecular formula is C10H15O5PS. The fourth-order valence-corrected chi connectivity index (χ4v) is 2.39. The molecule has 0 spiro atoms. The molecule has 0 saturated heterocycles. The van der Waals surface area contributed by atoms with E-state index in [9.17, 15) is 22.8 Å². The van der Waals surface area contributed by atoms with Gasteiger partial charge in [-0.3, -0.25) is 4.57 Å². The molecule has 17 heavy (non-hydrogen) atoms. The monoisotopic (exact) mass is 278 g/mol. The summed E-state index contributed by atoms with van der Waals surface area (Å²) in [6, 6.07) is 5.55. The lowest BCUT2D eigenvalue weighted by molar-refractivity contribution is 0.338. The summed E-state index contributed by atoms with van der Waals surface area (Å²) < 4.78 is 33.8. The Hall–Kier alpha value is -0.680. The zero-order chi connectivity index (χ0) is 13.5. The molecule has 0 aliphatic carbocycles. The van der Waals surface area contributed by atoms with Crippen LogP contribution in [0.15, 0.2) is 29.2 Å². The molecule has 0 unspecified atom stereocenters. The van der Waals surface area contributed by atoms with Gasteiger partial charge in [0.2, 0.25) is 0 Å². The van der Waals surface area contributed by atoms with Crippen LogP contribution < -0.4 is 0 Å². The standard InChI is InChI=1S/C10H15O5PS/c1-10(2,16(11,12)13)8-4-6-9(7-5-8)17(3,14)15/h4-7H,1-3H3,(H2,11,12,13). The van der Waals surface area contributed by atoms with Gasteiger partial charge >= 0.3 is 7.60 Å². The highest BCUT2D eigenvalue weighted by atomic mass is 32.2. The Morgan fingerprint density at radius 2 is 1.53 bits per heavy atom. The molecule has 0 aliphatic heterocycles. The van der Waals surface area contributed by atoms with Crippen LogP contribution in [-0.4, -0.2) is 24.5 Å². The van der Waals surface area contributed by atoms with Crippen LogP contribution in [0.25, 0.3) is 0 Å². The quantitative estimate of drug-likeness (QED) is 0.817. The van der Waals surface area contributed by atoms with Gasteiger partial charge in [0.1, 0.15) is 0 Å². The van der Waals surface area contributed by atoms with Gasteiger partial charge in [0.05, 0.1) is 10.1 Å². The van der Waals surface area contributed by atoms with E-state index in [1.165, 1.54) is 38.1 Å². The summed E-state index contributed by atoms with van der Waals surface area (Å²) >= 11 is 0. The minimum absolute atomic E-state index is 0.128. The van der Waals surface area contributed by atoms with E-state index in [0.29, 0.717) is 5.56 Å². The van der Waals surface area contributed by atoms with Gasteiger partial charge in [-0.25, -0.2) is 8.42 Å². The molecule has 0 radical (unpaired) electrons. The molecule has 1 aromatic carbocycles. The molecule has 0 fully saturated rings. The van der Waals surface area contributed by atoms with Crippen molar-refractivity contribution in [3.05, 3.63) is 29.8 Å². The molecule has 96 valence electrons. The normalized spacial score (nSPS) is 13.7. The first-order chi connectivity index (χ1) is 7.46. The van der Waals surface area contributed by atoms with Crippen molar-refractivity contribution < 1.29 is 22.8 Å². The first-order valence-corrected chi connectivity index (χ1v) is 8.33. The molecule has 2 N–H and O–H groups in total. The first-order valence-electron chi connectivity index (χ1n) is 4.82. The molecule has 0 aromatic heterocycles. The molecule has 0 saturated carbocycles. The second-order valence-electron chi connectivity index (χ2n) is 4.40. The fourth-order valence-electron chi connectivity index (χ4n) is 1.28. The third kappa shape index (κ3) is 2.96.